The van der Waals surface area contributed by atoms with E-state index in [-0.39, 0.29) is 107 Å². The summed E-state index contributed by atoms with van der Waals surface area (Å²) in [4.78, 5) is 39.0. The van der Waals surface area contributed by atoms with Gasteiger partial charge in [-0.2, -0.15) is 0 Å². The Morgan fingerprint density at radius 1 is 0.567 bits per heavy atom. The van der Waals surface area contributed by atoms with Crippen LogP contribution in [0.2, 0.25) is 0 Å². The van der Waals surface area contributed by atoms with Crippen molar-refractivity contribution in [1.29, 1.82) is 0 Å². The van der Waals surface area contributed by atoms with Gasteiger partial charge in [-0.25, -0.2) is 9.59 Å². The lowest BCUT2D eigenvalue weighted by atomic mass is 9.65. The number of aliphatic hydroxyl groups excluding tert-OH is 6. The van der Waals surface area contributed by atoms with Crippen molar-refractivity contribution in [2.75, 3.05) is 94.9 Å². The molecule has 104 heavy (non-hydrogen) atoms. The average Bonchev–Trinajstić information content (AvgIpc) is 1.40. The first-order valence-corrected chi connectivity index (χ1v) is 33.6. The number of cyclic esters (lactones) is 1. The number of carbonyl (C=O) groups excluding carboxylic acids is 3. The molecule has 9 heterocycles. The summed E-state index contributed by atoms with van der Waals surface area (Å²) in [6, 6.07) is 14.0. The van der Waals surface area contributed by atoms with E-state index in [1.54, 1.807) is 64.1 Å². The van der Waals surface area contributed by atoms with E-state index in [0.29, 0.717) is 56.6 Å². The Morgan fingerprint density at radius 2 is 1.00 bits per heavy atom. The third-order valence-corrected chi connectivity index (χ3v) is 20.0. The second kappa shape index (κ2) is 30.6. The minimum Gasteiger partial charge on any atom is -0.498 e. The third kappa shape index (κ3) is 14.3. The number of benzene rings is 4. The van der Waals surface area contributed by atoms with E-state index in [0.717, 1.165) is 5.56 Å². The van der Waals surface area contributed by atoms with Gasteiger partial charge in [-0.3, -0.25) is 4.79 Å². The minimum absolute atomic E-state index is 0. The second-order valence-corrected chi connectivity index (χ2v) is 26.7. The van der Waals surface area contributed by atoms with E-state index in [2.05, 4.69) is 6.58 Å². The number of allylic oxidation sites excluding steroid dienone is 1. The van der Waals surface area contributed by atoms with Crippen molar-refractivity contribution in [3.63, 3.8) is 0 Å². The van der Waals surface area contributed by atoms with Gasteiger partial charge in [-0.05, 0) is 110 Å². The number of hydrogen-bond donors (Lipinski definition) is 6. The van der Waals surface area contributed by atoms with Gasteiger partial charge in [0.25, 0.3) is 0 Å². The zero-order chi connectivity index (χ0) is 72.4. The average molecular weight is 1470 g/mol. The topological polar surface area (TPSA) is 394 Å². The van der Waals surface area contributed by atoms with Crippen LogP contribution in [0, 0.1) is 23.7 Å². The Labute approximate surface area is 596 Å². The summed E-state index contributed by atoms with van der Waals surface area (Å²) in [6.45, 7) is 10.7. The van der Waals surface area contributed by atoms with Crippen LogP contribution in [0.4, 0.5) is 9.59 Å². The first-order valence-electron chi connectivity index (χ1n) is 33.6. The van der Waals surface area contributed by atoms with E-state index in [1.807, 2.05) is 12.1 Å². The van der Waals surface area contributed by atoms with Crippen LogP contribution in [0.3, 0.4) is 0 Å². The van der Waals surface area contributed by atoms with Gasteiger partial charge in [0.1, 0.15) is 74.3 Å². The first kappa shape index (κ1) is 74.5. The highest BCUT2D eigenvalue weighted by molar-refractivity contribution is 5.79. The molecule has 4 aromatic rings. The zero-order valence-corrected chi connectivity index (χ0v) is 57.3. The van der Waals surface area contributed by atoms with E-state index >= 15 is 0 Å². The maximum atomic E-state index is 13.7. The summed E-state index contributed by atoms with van der Waals surface area (Å²) in [5, 5.41) is 63.0. The van der Waals surface area contributed by atoms with Crippen molar-refractivity contribution in [2.24, 2.45) is 23.7 Å². The Kier molecular flexibility index (Phi) is 21.9. The minimum atomic E-state index is -1.48. The standard InChI is InChI=1S/C36H42O17.C34H40O16.CH4/c1-15-43-13-25-32(49-15)28(37)29(38)34(50-25)51-30-19-9-22-21(46-14-47-22)8-18(19)26(27-20(30)12-44-33(27)39)16-6-23(41-4)31(24(7-16)42-5)52-35(40)45-10-17-11-48-36(2,3)53-17;1-14-26-20(11-42-14)30(49-33-29(38)28(37)32-25(48-33)12-43-15(2)47-32)19-8-22-21(45-13-46-22)7-18(19)27(26)16-5-23(40-3)31(24(6-16)41-4)50-34(39)44-10-17(36)9-35;/h6-9,15,17,20,25-30,32,34,37-38H,10-14H2,1-5H3;5-8,15,17,20,25-30,32-33,35-38H,1,9-13H2,2-4H3;1H4/t15?,17?,20?,25?,26-,27?,28?,29?,30?,32?,34?;15?,17?,20?,25?,26?,27-,28?,29?,30?,32?,33?;/m11./s1. The fourth-order valence-corrected chi connectivity index (χ4v) is 15.2. The van der Waals surface area contributed by atoms with Gasteiger partial charge < -0.3 is 144 Å². The molecule has 11 aliphatic rings. The van der Waals surface area contributed by atoms with Crippen molar-refractivity contribution in [2.45, 2.75) is 151 Å². The molecule has 7 saturated heterocycles. The highest BCUT2D eigenvalue weighted by Gasteiger charge is 2.58. The quantitative estimate of drug-likeness (QED) is 0.0484. The van der Waals surface area contributed by atoms with Gasteiger partial charge in [0.15, 0.2) is 76.9 Å². The van der Waals surface area contributed by atoms with Gasteiger partial charge in [0.05, 0.1) is 92.0 Å². The van der Waals surface area contributed by atoms with E-state index in [9.17, 15) is 39.9 Å². The maximum Gasteiger partial charge on any atom is 0.514 e. The molecule has 0 radical (unpaired) electrons. The van der Waals surface area contributed by atoms with Crippen LogP contribution >= 0.6 is 0 Å². The fraction of sp³-hybridized carbons (Fsp3) is 0.592. The van der Waals surface area contributed by atoms with E-state index in [1.165, 1.54) is 28.4 Å². The molecule has 6 N–H and O–H groups in total. The number of carbonyl (C=O) groups is 3. The fourth-order valence-electron chi connectivity index (χ4n) is 15.2. The molecule has 2 aliphatic carbocycles. The van der Waals surface area contributed by atoms with Crippen molar-refractivity contribution in [1.82, 2.24) is 0 Å². The SMILES string of the molecule is C.C=C1OCC2C(OC3OC4COC(C)OC4C(O)C3O)c3cc4c(cc3[C@@H](c3cc(OC)c(OC(=O)OCC(O)CO)c(OC)c3)C12)OCO4.COc1cc([C@@H]2c3cc4c(cc3C(OC3OC5COC(C)OC5C(O)C3O)C3COC(=O)C32)OCO4)cc(OC)c1OC(=O)OCC1COC(C)(C)O1. The molecule has 22 atom stereocenters. The molecule has 7 fully saturated rings. The third-order valence-electron chi connectivity index (χ3n) is 20.0. The molecule has 20 unspecified atom stereocenters. The molecule has 33 nitrogen and oxygen atoms in total. The largest absolute Gasteiger partial charge is 0.514 e. The van der Waals surface area contributed by atoms with Gasteiger partial charge in [0.2, 0.25) is 25.1 Å². The highest BCUT2D eigenvalue weighted by Crippen LogP contribution is 2.61. The predicted octanol–water partition coefficient (Wildman–Crippen LogP) is 4.42. The van der Waals surface area contributed by atoms with Crippen molar-refractivity contribution in [3.05, 3.63) is 94.2 Å². The molecule has 33 heteroatoms. The van der Waals surface area contributed by atoms with Crippen LogP contribution in [-0.4, -0.2) is 236 Å². The monoisotopic (exact) mass is 1470 g/mol. The van der Waals surface area contributed by atoms with Crippen LogP contribution in [0.1, 0.15) is 92.5 Å². The Morgan fingerprint density at radius 3 is 1.44 bits per heavy atom. The predicted molar refractivity (Wildman–Crippen MR) is 346 cm³/mol. The number of aliphatic hydroxyl groups is 6. The molecule has 9 aliphatic heterocycles. The lowest BCUT2D eigenvalue weighted by molar-refractivity contribution is -0.364. The van der Waals surface area contributed by atoms with E-state index < -0.39 is 159 Å². The smallest absolute Gasteiger partial charge is 0.498 e. The summed E-state index contributed by atoms with van der Waals surface area (Å²) < 4.78 is 138. The molecule has 0 bridgehead atoms. The van der Waals surface area contributed by atoms with Crippen molar-refractivity contribution in [3.8, 4) is 57.5 Å². The van der Waals surface area contributed by atoms with Gasteiger partial charge in [-0.15, -0.1) is 0 Å². The molecule has 4 aromatic carbocycles. The number of rotatable bonds is 17. The number of hydrogen-bond acceptors (Lipinski definition) is 33. The van der Waals surface area contributed by atoms with Gasteiger partial charge in [-0.1, -0.05) is 14.0 Å². The molecule has 0 saturated carbocycles. The van der Waals surface area contributed by atoms with Gasteiger partial charge >= 0.3 is 18.3 Å². The second-order valence-electron chi connectivity index (χ2n) is 26.7. The summed E-state index contributed by atoms with van der Waals surface area (Å²) in [6.07, 6.45) is -17.7. The summed E-state index contributed by atoms with van der Waals surface area (Å²) in [7, 11) is 5.62. The molecule has 568 valence electrons. The van der Waals surface area contributed by atoms with Crippen LogP contribution < -0.4 is 47.4 Å². The van der Waals surface area contributed by atoms with Crippen LogP contribution in [0.15, 0.2) is 60.9 Å². The van der Waals surface area contributed by atoms with Crippen LogP contribution in [-0.2, 0) is 71.1 Å². The van der Waals surface area contributed by atoms with Gasteiger partial charge in [0, 0.05) is 29.6 Å². The summed E-state index contributed by atoms with van der Waals surface area (Å²) >= 11 is 0. The Bertz CT molecular complexity index is 3750. The number of fused-ring (bicyclic) bond motifs is 8. The molecule has 0 spiro atoms. The molecule has 15 rings (SSSR count). The van der Waals surface area contributed by atoms with Crippen molar-refractivity contribution < 1.29 is 159 Å². The number of ether oxygens (including phenoxy) is 24. The lowest BCUT2D eigenvalue weighted by Crippen LogP contribution is -2.63. The highest BCUT2D eigenvalue weighted by atomic mass is 16.8. The van der Waals surface area contributed by atoms with Crippen LogP contribution in [0.25, 0.3) is 0 Å². The zero-order valence-electron chi connectivity index (χ0n) is 57.3. The van der Waals surface area contributed by atoms with Crippen LogP contribution in [0.5, 0.6) is 57.5 Å². The normalized spacial score (nSPS) is 33.7. The Hall–Kier alpha value is -7.81. The molecular formula is C71H86O33. The summed E-state index contributed by atoms with van der Waals surface area (Å²) in [5.74, 6) is -1.62. The lowest BCUT2D eigenvalue weighted by Gasteiger charge is -2.48. The Balaban J connectivity index is 0.000000183. The number of esters is 1. The van der Waals surface area contributed by atoms with E-state index in [4.69, 9.17) is 119 Å². The molecule has 0 amide bonds. The molecular weight excluding hydrogens is 1380 g/mol. The number of methoxy groups -OCH3 is 4. The van der Waals surface area contributed by atoms with Crippen molar-refractivity contribution >= 4 is 18.3 Å². The maximum absolute atomic E-state index is 13.7. The summed E-state index contributed by atoms with van der Waals surface area (Å²) in [5.41, 5.74) is 4.00. The first-order chi connectivity index (χ1) is 49.5. The molecule has 0 aromatic heterocycles.